The number of rotatable bonds is 3. The first kappa shape index (κ1) is 17.2. The third-order valence-electron chi connectivity index (χ3n) is 4.37. The van der Waals surface area contributed by atoms with Crippen molar-refractivity contribution in [2.45, 2.75) is 13.5 Å². The Hall–Kier alpha value is -3.27. The number of aromatic nitrogens is 5. The molecular weight excluding hydrogens is 368 g/mol. The van der Waals surface area contributed by atoms with Crippen molar-refractivity contribution >= 4 is 43.8 Å². The fraction of sp³-hybridized carbons (Fsp3) is 0.235. The summed E-state index contributed by atoms with van der Waals surface area (Å²) >= 11 is 1.34. The van der Waals surface area contributed by atoms with Gasteiger partial charge in [-0.1, -0.05) is 23.5 Å². The molecular formula is C17H16N6O3S. The summed E-state index contributed by atoms with van der Waals surface area (Å²) in [5.41, 5.74) is 1.23. The molecule has 0 unspecified atom stereocenters. The zero-order valence-corrected chi connectivity index (χ0v) is 15.7. The molecule has 0 aliphatic rings. The lowest BCUT2D eigenvalue weighted by atomic mass is 10.2. The number of benzene rings is 1. The van der Waals surface area contributed by atoms with E-state index in [9.17, 15) is 14.4 Å². The second-order valence-corrected chi connectivity index (χ2v) is 7.28. The molecule has 3 aromatic heterocycles. The normalized spacial score (nSPS) is 11.4. The van der Waals surface area contributed by atoms with Crippen molar-refractivity contribution in [2.75, 3.05) is 5.32 Å². The zero-order valence-electron chi connectivity index (χ0n) is 14.9. The molecule has 9 nitrogen and oxygen atoms in total. The van der Waals surface area contributed by atoms with Crippen LogP contribution in [-0.2, 0) is 25.4 Å². The molecule has 1 N–H and O–H groups in total. The van der Waals surface area contributed by atoms with Crippen LogP contribution in [0, 0.1) is 6.92 Å². The number of hydrogen-bond acceptors (Lipinski definition) is 6. The first-order valence-corrected chi connectivity index (χ1v) is 8.95. The summed E-state index contributed by atoms with van der Waals surface area (Å²) < 4.78 is 4.64. The number of para-hydroxylation sites is 1. The molecule has 27 heavy (non-hydrogen) atoms. The minimum atomic E-state index is -0.596. The van der Waals surface area contributed by atoms with E-state index in [0.717, 1.165) is 20.3 Å². The average molecular weight is 384 g/mol. The molecule has 4 aromatic rings. The molecule has 0 bridgehead atoms. The molecule has 0 aliphatic carbocycles. The molecule has 1 aromatic carbocycles. The first-order valence-electron chi connectivity index (χ1n) is 8.13. The second-order valence-electron chi connectivity index (χ2n) is 6.25. The molecule has 4 rings (SSSR count). The molecule has 10 heteroatoms. The molecule has 0 radical (unpaired) electrons. The van der Waals surface area contributed by atoms with Gasteiger partial charge in [0.15, 0.2) is 16.3 Å². The van der Waals surface area contributed by atoms with Gasteiger partial charge in [-0.05, 0) is 18.6 Å². The van der Waals surface area contributed by atoms with Crippen LogP contribution in [-0.4, -0.2) is 29.6 Å². The number of thiazole rings is 1. The molecule has 1 amide bonds. The molecule has 0 atom stereocenters. The van der Waals surface area contributed by atoms with Crippen LogP contribution in [0.4, 0.5) is 5.13 Å². The van der Waals surface area contributed by atoms with Gasteiger partial charge in [-0.3, -0.25) is 14.2 Å². The number of amides is 1. The topological polar surface area (TPSA) is 104 Å². The highest BCUT2D eigenvalue weighted by atomic mass is 32.1. The van der Waals surface area contributed by atoms with Gasteiger partial charge in [0, 0.05) is 14.1 Å². The minimum absolute atomic E-state index is 0.264. The van der Waals surface area contributed by atoms with Crippen LogP contribution < -0.4 is 16.6 Å². The molecule has 0 saturated heterocycles. The highest BCUT2D eigenvalue weighted by Crippen LogP contribution is 2.27. The number of anilines is 1. The van der Waals surface area contributed by atoms with Crippen molar-refractivity contribution in [2.24, 2.45) is 14.1 Å². The molecule has 0 spiro atoms. The number of imidazole rings is 1. The van der Waals surface area contributed by atoms with Crippen LogP contribution in [0.15, 0.2) is 34.1 Å². The lowest BCUT2D eigenvalue weighted by Gasteiger charge is -2.08. The van der Waals surface area contributed by atoms with Crippen LogP contribution in [0.3, 0.4) is 0 Å². The number of aryl methyl sites for hydroxylation is 3. The quantitative estimate of drug-likeness (QED) is 0.567. The van der Waals surface area contributed by atoms with Crippen LogP contribution in [0.5, 0.6) is 0 Å². The second kappa shape index (κ2) is 6.16. The van der Waals surface area contributed by atoms with Gasteiger partial charge in [-0.25, -0.2) is 19.3 Å². The molecule has 0 aliphatic heterocycles. The lowest BCUT2D eigenvalue weighted by molar-refractivity contribution is -0.116. The minimum Gasteiger partial charge on any atom is -0.328 e. The van der Waals surface area contributed by atoms with E-state index < -0.39 is 23.7 Å². The highest BCUT2D eigenvalue weighted by molar-refractivity contribution is 7.22. The maximum atomic E-state index is 12.7. The summed E-state index contributed by atoms with van der Waals surface area (Å²) in [7, 11) is 3.18. The summed E-state index contributed by atoms with van der Waals surface area (Å²) in [5, 5.41) is 3.10. The summed E-state index contributed by atoms with van der Waals surface area (Å²) in [6, 6.07) is 5.79. The number of fused-ring (bicyclic) bond motifs is 2. The van der Waals surface area contributed by atoms with Crippen molar-refractivity contribution in [3.05, 3.63) is 50.9 Å². The maximum absolute atomic E-state index is 12.7. The van der Waals surface area contributed by atoms with Gasteiger partial charge in [-0.2, -0.15) is 0 Å². The number of nitrogens with zero attached hydrogens (tertiary/aromatic N) is 5. The Kier molecular flexibility index (Phi) is 3.92. The van der Waals surface area contributed by atoms with Crippen LogP contribution in [0.1, 0.15) is 5.56 Å². The van der Waals surface area contributed by atoms with E-state index in [2.05, 4.69) is 15.3 Å². The Morgan fingerprint density at radius 3 is 2.78 bits per heavy atom. The van der Waals surface area contributed by atoms with E-state index in [4.69, 9.17) is 0 Å². The van der Waals surface area contributed by atoms with Gasteiger partial charge in [0.25, 0.3) is 5.56 Å². The van der Waals surface area contributed by atoms with Crippen molar-refractivity contribution in [3.8, 4) is 0 Å². The van der Waals surface area contributed by atoms with E-state index >= 15 is 0 Å². The first-order chi connectivity index (χ1) is 12.9. The Labute approximate surface area is 156 Å². The van der Waals surface area contributed by atoms with Gasteiger partial charge in [0.05, 0.1) is 16.5 Å². The Morgan fingerprint density at radius 2 is 2.04 bits per heavy atom. The third-order valence-corrected chi connectivity index (χ3v) is 5.31. The SMILES string of the molecule is Cc1cccc2sc(NC(=O)Cn3c(=O)c4c(ncn4C)n(C)c3=O)nc12. The number of hydrogen-bond donors (Lipinski definition) is 1. The predicted octanol–water partition coefficient (Wildman–Crippen LogP) is 0.991. The Balaban J connectivity index is 1.68. The van der Waals surface area contributed by atoms with Crippen molar-refractivity contribution in [1.82, 2.24) is 23.7 Å². The fourth-order valence-electron chi connectivity index (χ4n) is 2.98. The van der Waals surface area contributed by atoms with E-state index in [1.165, 1.54) is 33.8 Å². The summed E-state index contributed by atoms with van der Waals surface area (Å²) in [4.78, 5) is 46.0. The van der Waals surface area contributed by atoms with E-state index in [0.29, 0.717) is 5.13 Å². The summed E-state index contributed by atoms with van der Waals surface area (Å²) in [6.45, 7) is 1.54. The van der Waals surface area contributed by atoms with Gasteiger partial charge < -0.3 is 9.88 Å². The Bertz CT molecular complexity index is 1330. The third kappa shape index (κ3) is 2.74. The number of carbonyl (C=O) groups excluding carboxylic acids is 1. The van der Waals surface area contributed by atoms with Gasteiger partial charge in [0.1, 0.15) is 6.54 Å². The lowest BCUT2D eigenvalue weighted by Crippen LogP contribution is -2.42. The number of carbonyl (C=O) groups is 1. The molecule has 0 saturated carbocycles. The standard InChI is InChI=1S/C17H16N6O3S/c1-9-5-4-6-10-12(9)20-16(27-10)19-11(24)7-23-15(25)13-14(18-8-21(13)2)22(3)17(23)26/h4-6,8H,7H2,1-3H3,(H,19,20,24). The zero-order chi connectivity index (χ0) is 19.3. The van der Waals surface area contributed by atoms with Crippen molar-refractivity contribution < 1.29 is 4.79 Å². The van der Waals surface area contributed by atoms with Gasteiger partial charge in [0.2, 0.25) is 5.91 Å². The molecule has 0 fully saturated rings. The maximum Gasteiger partial charge on any atom is 0.332 e. The predicted molar refractivity (Wildman–Crippen MR) is 103 cm³/mol. The Morgan fingerprint density at radius 1 is 1.26 bits per heavy atom. The van der Waals surface area contributed by atoms with Crippen LogP contribution in [0.25, 0.3) is 21.4 Å². The average Bonchev–Trinajstić information content (AvgIpc) is 3.21. The van der Waals surface area contributed by atoms with E-state index in [1.54, 1.807) is 7.05 Å². The monoisotopic (exact) mass is 384 g/mol. The summed E-state index contributed by atoms with van der Waals surface area (Å²) in [5.74, 6) is -0.493. The van der Waals surface area contributed by atoms with Crippen molar-refractivity contribution in [3.63, 3.8) is 0 Å². The van der Waals surface area contributed by atoms with Crippen LogP contribution in [0.2, 0.25) is 0 Å². The smallest absolute Gasteiger partial charge is 0.328 e. The van der Waals surface area contributed by atoms with E-state index in [-0.39, 0.29) is 11.2 Å². The summed E-state index contributed by atoms with van der Waals surface area (Å²) in [6.07, 6.45) is 1.46. The van der Waals surface area contributed by atoms with Crippen LogP contribution >= 0.6 is 11.3 Å². The van der Waals surface area contributed by atoms with Gasteiger partial charge >= 0.3 is 5.69 Å². The highest BCUT2D eigenvalue weighted by Gasteiger charge is 2.17. The largest absolute Gasteiger partial charge is 0.332 e. The van der Waals surface area contributed by atoms with E-state index in [1.807, 2.05) is 25.1 Å². The van der Waals surface area contributed by atoms with Crippen molar-refractivity contribution in [1.29, 1.82) is 0 Å². The number of nitrogens with one attached hydrogen (secondary N) is 1. The molecule has 138 valence electrons. The fourth-order valence-corrected chi connectivity index (χ4v) is 3.94. The molecule has 3 heterocycles. The van der Waals surface area contributed by atoms with Gasteiger partial charge in [-0.15, -0.1) is 0 Å².